The van der Waals surface area contributed by atoms with Gasteiger partial charge in [0.15, 0.2) is 0 Å². The van der Waals surface area contributed by atoms with E-state index in [1.54, 1.807) is 6.07 Å². The normalized spacial score (nSPS) is 10.8. The maximum atomic E-state index is 12.0. The first-order chi connectivity index (χ1) is 10.2. The minimum Gasteiger partial charge on any atom is -0.494 e. The quantitative estimate of drug-likeness (QED) is 0.483. The molecule has 0 saturated heterocycles. The van der Waals surface area contributed by atoms with Crippen LogP contribution in [-0.2, 0) is 11.2 Å². The van der Waals surface area contributed by atoms with Gasteiger partial charge in [-0.3, -0.25) is 0 Å². The molecule has 1 N–H and O–H groups in total. The molecule has 4 nitrogen and oxygen atoms in total. The van der Waals surface area contributed by atoms with Crippen LogP contribution in [0.3, 0.4) is 0 Å². The fraction of sp³-hybridized carbons (Fsp3) is 0.353. The second-order valence-corrected chi connectivity index (χ2v) is 4.86. The largest absolute Gasteiger partial charge is 0.494 e. The molecule has 21 heavy (non-hydrogen) atoms. The minimum atomic E-state index is -0.437. The summed E-state index contributed by atoms with van der Waals surface area (Å²) in [6, 6.07) is 7.56. The van der Waals surface area contributed by atoms with Crippen LogP contribution in [0.1, 0.15) is 30.9 Å². The van der Waals surface area contributed by atoms with Gasteiger partial charge in [0, 0.05) is 12.0 Å². The summed E-state index contributed by atoms with van der Waals surface area (Å²) in [4.78, 5) is 12.0. The van der Waals surface area contributed by atoms with E-state index in [0.717, 1.165) is 30.2 Å². The Morgan fingerprint density at radius 3 is 2.86 bits per heavy atom. The Bertz CT molecular complexity index is 685. The van der Waals surface area contributed by atoms with Crippen LogP contribution in [0.15, 0.2) is 40.1 Å². The van der Waals surface area contributed by atoms with Gasteiger partial charge in [0.1, 0.15) is 16.9 Å². The predicted molar refractivity (Wildman–Crippen MR) is 83.2 cm³/mol. The lowest BCUT2D eigenvalue weighted by Crippen LogP contribution is -2.07. The van der Waals surface area contributed by atoms with Crippen molar-refractivity contribution < 1.29 is 14.3 Å². The van der Waals surface area contributed by atoms with E-state index in [-0.39, 0.29) is 6.61 Å². The van der Waals surface area contributed by atoms with Crippen LogP contribution in [0.25, 0.3) is 16.7 Å². The SMILES string of the molecule is C=C(OCC)c1cc2ccc(CCCCO)cc2oc1=O. The highest BCUT2D eigenvalue weighted by Gasteiger charge is 2.10. The smallest absolute Gasteiger partial charge is 0.347 e. The fourth-order valence-corrected chi connectivity index (χ4v) is 2.20. The predicted octanol–water partition coefficient (Wildman–Crippen LogP) is 3.12. The molecule has 112 valence electrons. The Balaban J connectivity index is 2.31. The lowest BCUT2D eigenvalue weighted by Gasteiger charge is -2.07. The first kappa shape index (κ1) is 15.3. The van der Waals surface area contributed by atoms with E-state index in [2.05, 4.69) is 6.58 Å². The van der Waals surface area contributed by atoms with Crippen LogP contribution < -0.4 is 5.63 Å². The molecule has 0 saturated carbocycles. The van der Waals surface area contributed by atoms with E-state index >= 15 is 0 Å². The molecule has 0 fully saturated rings. The number of fused-ring (bicyclic) bond motifs is 1. The van der Waals surface area contributed by atoms with Crippen LogP contribution in [-0.4, -0.2) is 18.3 Å². The number of hydrogen-bond donors (Lipinski definition) is 1. The summed E-state index contributed by atoms with van der Waals surface area (Å²) in [6.45, 7) is 6.24. The van der Waals surface area contributed by atoms with Crippen molar-refractivity contribution in [3.05, 3.63) is 52.4 Å². The van der Waals surface area contributed by atoms with E-state index in [9.17, 15) is 4.79 Å². The number of benzene rings is 1. The van der Waals surface area contributed by atoms with Crippen molar-refractivity contribution in [2.75, 3.05) is 13.2 Å². The molecule has 2 rings (SSSR count). The average molecular weight is 288 g/mol. The molecule has 1 heterocycles. The molecule has 0 aliphatic heterocycles. The van der Waals surface area contributed by atoms with E-state index in [0.29, 0.717) is 23.5 Å². The van der Waals surface area contributed by atoms with Gasteiger partial charge in [-0.05, 0) is 43.9 Å². The Morgan fingerprint density at radius 2 is 2.14 bits per heavy atom. The third-order valence-corrected chi connectivity index (χ3v) is 3.29. The molecule has 4 heteroatoms. The maximum absolute atomic E-state index is 12.0. The monoisotopic (exact) mass is 288 g/mol. The Labute approximate surface area is 123 Å². The molecule has 0 spiro atoms. The van der Waals surface area contributed by atoms with Crippen LogP contribution in [0, 0.1) is 0 Å². The van der Waals surface area contributed by atoms with E-state index in [1.165, 1.54) is 0 Å². The van der Waals surface area contributed by atoms with Gasteiger partial charge < -0.3 is 14.3 Å². The first-order valence-corrected chi connectivity index (χ1v) is 7.15. The summed E-state index contributed by atoms with van der Waals surface area (Å²) in [5.74, 6) is 0.333. The standard InChI is InChI=1S/C17H20O4/c1-3-20-12(2)15-11-14-8-7-13(6-4-5-9-18)10-16(14)21-17(15)19/h7-8,10-11,18H,2-6,9H2,1H3. The first-order valence-electron chi connectivity index (χ1n) is 7.15. The molecular weight excluding hydrogens is 268 g/mol. The minimum absolute atomic E-state index is 0.200. The Kier molecular flexibility index (Phi) is 5.17. The number of hydrogen-bond acceptors (Lipinski definition) is 4. The average Bonchev–Trinajstić information content (AvgIpc) is 2.47. The van der Waals surface area contributed by atoms with Gasteiger partial charge in [0.25, 0.3) is 0 Å². The lowest BCUT2D eigenvalue weighted by molar-refractivity contribution is 0.284. The van der Waals surface area contributed by atoms with Gasteiger partial charge in [-0.2, -0.15) is 0 Å². The van der Waals surface area contributed by atoms with Gasteiger partial charge in [-0.15, -0.1) is 0 Å². The zero-order valence-corrected chi connectivity index (χ0v) is 12.2. The summed E-state index contributed by atoms with van der Waals surface area (Å²) >= 11 is 0. The molecule has 1 aromatic heterocycles. The van der Waals surface area contributed by atoms with Crippen LogP contribution in [0.2, 0.25) is 0 Å². The second kappa shape index (κ2) is 7.09. The molecule has 1 aromatic carbocycles. The topological polar surface area (TPSA) is 59.7 Å². The molecule has 0 atom stereocenters. The van der Waals surface area contributed by atoms with Gasteiger partial charge >= 0.3 is 5.63 Å². The van der Waals surface area contributed by atoms with E-state index < -0.39 is 5.63 Å². The molecule has 0 aliphatic carbocycles. The number of aliphatic hydroxyl groups is 1. The molecule has 0 unspecified atom stereocenters. The molecule has 2 aromatic rings. The summed E-state index contributed by atoms with van der Waals surface area (Å²) in [7, 11) is 0. The van der Waals surface area contributed by atoms with Crippen molar-refractivity contribution in [3.63, 3.8) is 0 Å². The molecule has 0 amide bonds. The number of rotatable bonds is 7. The van der Waals surface area contributed by atoms with Crippen molar-refractivity contribution in [1.29, 1.82) is 0 Å². The van der Waals surface area contributed by atoms with Gasteiger partial charge in [-0.1, -0.05) is 18.7 Å². The van der Waals surface area contributed by atoms with Crippen molar-refractivity contribution in [2.45, 2.75) is 26.2 Å². The highest BCUT2D eigenvalue weighted by Crippen LogP contribution is 2.20. The molecule has 0 radical (unpaired) electrons. The van der Waals surface area contributed by atoms with E-state index in [1.807, 2.05) is 25.1 Å². The van der Waals surface area contributed by atoms with Crippen molar-refractivity contribution in [3.8, 4) is 0 Å². The summed E-state index contributed by atoms with van der Waals surface area (Å²) in [6.07, 6.45) is 2.54. The number of aryl methyl sites for hydroxylation is 1. The van der Waals surface area contributed by atoms with Crippen LogP contribution in [0.5, 0.6) is 0 Å². The molecule has 0 aliphatic rings. The molecule has 0 bridgehead atoms. The Morgan fingerprint density at radius 1 is 1.33 bits per heavy atom. The zero-order chi connectivity index (χ0) is 15.2. The van der Waals surface area contributed by atoms with Crippen molar-refractivity contribution >= 4 is 16.7 Å². The van der Waals surface area contributed by atoms with Gasteiger partial charge in [-0.25, -0.2) is 4.79 Å². The second-order valence-electron chi connectivity index (χ2n) is 4.86. The zero-order valence-electron chi connectivity index (χ0n) is 12.2. The summed E-state index contributed by atoms with van der Waals surface area (Å²) in [5, 5.41) is 9.64. The van der Waals surface area contributed by atoms with Crippen molar-refractivity contribution in [1.82, 2.24) is 0 Å². The maximum Gasteiger partial charge on any atom is 0.347 e. The van der Waals surface area contributed by atoms with Crippen molar-refractivity contribution in [2.24, 2.45) is 0 Å². The summed E-state index contributed by atoms with van der Waals surface area (Å²) < 4.78 is 10.6. The summed E-state index contributed by atoms with van der Waals surface area (Å²) in [5.41, 5.74) is 1.58. The number of unbranched alkanes of at least 4 members (excludes halogenated alkanes) is 1. The third-order valence-electron chi connectivity index (χ3n) is 3.29. The highest BCUT2D eigenvalue weighted by atomic mass is 16.5. The van der Waals surface area contributed by atoms with Crippen LogP contribution >= 0.6 is 0 Å². The van der Waals surface area contributed by atoms with Gasteiger partial charge in [0.2, 0.25) is 0 Å². The Hall–Kier alpha value is -2.07. The van der Waals surface area contributed by atoms with E-state index in [4.69, 9.17) is 14.3 Å². The number of ether oxygens (including phenoxy) is 1. The third kappa shape index (κ3) is 3.73. The lowest BCUT2D eigenvalue weighted by atomic mass is 10.1. The highest BCUT2D eigenvalue weighted by molar-refractivity contribution is 5.80. The fourth-order valence-electron chi connectivity index (χ4n) is 2.20. The molecular formula is C17H20O4. The van der Waals surface area contributed by atoms with Crippen LogP contribution in [0.4, 0.5) is 0 Å². The number of aliphatic hydroxyl groups excluding tert-OH is 1. The van der Waals surface area contributed by atoms with Gasteiger partial charge in [0.05, 0.1) is 6.61 Å².